The van der Waals surface area contributed by atoms with Crippen LogP contribution in [0.5, 0.6) is 0 Å². The van der Waals surface area contributed by atoms with Crippen molar-refractivity contribution in [3.63, 3.8) is 0 Å². The summed E-state index contributed by atoms with van der Waals surface area (Å²) >= 11 is 15.1. The molecule has 92 valence electrons. The lowest BCUT2D eigenvalue weighted by atomic mass is 10.0. The largest absolute Gasteiger partial charge is 0.294 e. The van der Waals surface area contributed by atoms with Crippen LogP contribution in [0.2, 0.25) is 10.0 Å². The second-order valence-electron chi connectivity index (χ2n) is 3.74. The molecule has 0 bridgehead atoms. The maximum absolute atomic E-state index is 12.1. The molecule has 1 heterocycles. The Labute approximate surface area is 123 Å². The van der Waals surface area contributed by atoms with Gasteiger partial charge >= 0.3 is 0 Å². The first kappa shape index (κ1) is 13.5. The number of carbonyl (C=O) groups excluding carboxylic acids is 1. The summed E-state index contributed by atoms with van der Waals surface area (Å²) < 4.78 is 0.843. The van der Waals surface area contributed by atoms with E-state index in [-0.39, 0.29) is 12.2 Å². The van der Waals surface area contributed by atoms with Crippen molar-refractivity contribution in [1.29, 1.82) is 0 Å². The summed E-state index contributed by atoms with van der Waals surface area (Å²) in [5, 5.41) is 0.885. The predicted octanol–water partition coefficient (Wildman–Crippen LogP) is 4.58. The highest BCUT2D eigenvalue weighted by Crippen LogP contribution is 2.22. The number of hydrogen-bond acceptors (Lipinski definition) is 2. The molecule has 2 rings (SSSR count). The summed E-state index contributed by atoms with van der Waals surface area (Å²) in [5.41, 5.74) is 1.31. The molecule has 0 spiro atoms. The summed E-state index contributed by atoms with van der Waals surface area (Å²) in [4.78, 5) is 16.1. The van der Waals surface area contributed by atoms with Crippen LogP contribution in [0.15, 0.2) is 41.1 Å². The van der Waals surface area contributed by atoms with Gasteiger partial charge in [0.05, 0.1) is 5.02 Å². The van der Waals surface area contributed by atoms with Crippen LogP contribution in [0.3, 0.4) is 0 Å². The van der Waals surface area contributed by atoms with Crippen molar-refractivity contribution in [2.45, 2.75) is 6.42 Å². The lowest BCUT2D eigenvalue weighted by Crippen LogP contribution is -2.04. The molecule has 0 aliphatic heterocycles. The lowest BCUT2D eigenvalue weighted by Gasteiger charge is -2.04. The molecule has 0 saturated heterocycles. The SMILES string of the molecule is O=C(Cc1cncc(Br)c1)c1ccc(Cl)cc1Cl. The van der Waals surface area contributed by atoms with E-state index in [1.165, 1.54) is 0 Å². The molecule has 5 heteroatoms. The fourth-order valence-electron chi connectivity index (χ4n) is 1.55. The van der Waals surface area contributed by atoms with Gasteiger partial charge in [-0.05, 0) is 45.8 Å². The van der Waals surface area contributed by atoms with Gasteiger partial charge in [-0.1, -0.05) is 23.2 Å². The van der Waals surface area contributed by atoms with Gasteiger partial charge in [0, 0.05) is 33.9 Å². The second-order valence-corrected chi connectivity index (χ2v) is 5.49. The van der Waals surface area contributed by atoms with Crippen molar-refractivity contribution in [1.82, 2.24) is 4.98 Å². The molecule has 2 aromatic rings. The molecule has 1 aromatic heterocycles. The Morgan fingerprint density at radius 3 is 2.67 bits per heavy atom. The van der Waals surface area contributed by atoms with Gasteiger partial charge in [0.25, 0.3) is 0 Å². The van der Waals surface area contributed by atoms with Crippen LogP contribution >= 0.6 is 39.1 Å². The molecule has 0 fully saturated rings. The minimum Gasteiger partial charge on any atom is -0.294 e. The zero-order valence-corrected chi connectivity index (χ0v) is 12.3. The van der Waals surface area contributed by atoms with Crippen molar-refractivity contribution < 1.29 is 4.79 Å². The Bertz CT molecular complexity index is 601. The Kier molecular flexibility index (Phi) is 4.38. The van der Waals surface area contributed by atoms with E-state index in [2.05, 4.69) is 20.9 Å². The molecule has 0 unspecified atom stereocenters. The summed E-state index contributed by atoms with van der Waals surface area (Å²) in [7, 11) is 0. The van der Waals surface area contributed by atoms with Gasteiger partial charge in [-0.2, -0.15) is 0 Å². The van der Waals surface area contributed by atoms with Crippen LogP contribution in [0, 0.1) is 0 Å². The van der Waals surface area contributed by atoms with E-state index < -0.39 is 0 Å². The molecule has 0 radical (unpaired) electrons. The molecule has 0 amide bonds. The third-order valence-electron chi connectivity index (χ3n) is 2.36. The number of carbonyl (C=O) groups is 1. The fraction of sp³-hybridized carbons (Fsp3) is 0.0769. The van der Waals surface area contributed by atoms with Crippen LogP contribution < -0.4 is 0 Å². The number of nitrogens with zero attached hydrogens (tertiary/aromatic N) is 1. The molecule has 2 nitrogen and oxygen atoms in total. The van der Waals surface area contributed by atoms with Crippen LogP contribution in [0.25, 0.3) is 0 Å². The molecular weight excluding hydrogens is 337 g/mol. The molecular formula is C13H8BrCl2NO. The van der Waals surface area contributed by atoms with Gasteiger partial charge in [0.2, 0.25) is 0 Å². The normalized spacial score (nSPS) is 10.4. The number of pyridine rings is 1. The topological polar surface area (TPSA) is 30.0 Å². The Hall–Kier alpha value is -0.900. The Balaban J connectivity index is 2.22. The highest BCUT2D eigenvalue weighted by Gasteiger charge is 2.11. The first-order chi connectivity index (χ1) is 8.56. The molecule has 0 N–H and O–H groups in total. The Morgan fingerprint density at radius 2 is 2.00 bits per heavy atom. The lowest BCUT2D eigenvalue weighted by molar-refractivity contribution is 0.0993. The number of ketones is 1. The standard InChI is InChI=1S/C13H8BrCl2NO/c14-9-3-8(6-17-7-9)4-13(18)11-2-1-10(15)5-12(11)16/h1-3,5-7H,4H2. The molecule has 0 aliphatic rings. The number of halogens is 3. The van der Waals surface area contributed by atoms with Crippen molar-refractivity contribution in [3.8, 4) is 0 Å². The highest BCUT2D eigenvalue weighted by atomic mass is 79.9. The summed E-state index contributed by atoms with van der Waals surface area (Å²) in [6, 6.07) is 6.71. The van der Waals surface area contributed by atoms with Crippen molar-refractivity contribution in [3.05, 3.63) is 62.3 Å². The second kappa shape index (κ2) is 5.83. The van der Waals surface area contributed by atoms with E-state index in [0.29, 0.717) is 15.6 Å². The summed E-state index contributed by atoms with van der Waals surface area (Å²) in [5.74, 6) is -0.0587. The van der Waals surface area contributed by atoms with Gasteiger partial charge in [-0.15, -0.1) is 0 Å². The maximum atomic E-state index is 12.1. The van der Waals surface area contributed by atoms with E-state index in [4.69, 9.17) is 23.2 Å². The van der Waals surface area contributed by atoms with Gasteiger partial charge in [0.1, 0.15) is 0 Å². The zero-order valence-electron chi connectivity index (χ0n) is 9.16. The van der Waals surface area contributed by atoms with Gasteiger partial charge in [0.15, 0.2) is 5.78 Å². The smallest absolute Gasteiger partial charge is 0.168 e. The van der Waals surface area contributed by atoms with E-state index in [1.54, 1.807) is 30.6 Å². The van der Waals surface area contributed by atoms with Gasteiger partial charge in [-0.3, -0.25) is 9.78 Å². The van der Waals surface area contributed by atoms with E-state index in [9.17, 15) is 4.79 Å². The number of hydrogen-bond donors (Lipinski definition) is 0. The van der Waals surface area contributed by atoms with Gasteiger partial charge in [-0.25, -0.2) is 0 Å². The quantitative estimate of drug-likeness (QED) is 0.763. The molecule has 0 saturated carbocycles. The maximum Gasteiger partial charge on any atom is 0.168 e. The molecule has 1 aromatic carbocycles. The number of benzene rings is 1. The van der Waals surface area contributed by atoms with Crippen molar-refractivity contribution in [2.24, 2.45) is 0 Å². The van der Waals surface area contributed by atoms with Crippen molar-refractivity contribution in [2.75, 3.05) is 0 Å². The van der Waals surface area contributed by atoms with Crippen LogP contribution in [0.4, 0.5) is 0 Å². The number of rotatable bonds is 3. The van der Waals surface area contributed by atoms with E-state index in [0.717, 1.165) is 10.0 Å². The minimum atomic E-state index is -0.0587. The zero-order chi connectivity index (χ0) is 13.1. The highest BCUT2D eigenvalue weighted by molar-refractivity contribution is 9.10. The van der Waals surface area contributed by atoms with Crippen LogP contribution in [-0.4, -0.2) is 10.8 Å². The molecule has 0 atom stereocenters. The van der Waals surface area contributed by atoms with Crippen LogP contribution in [-0.2, 0) is 6.42 Å². The average Bonchev–Trinajstić information content (AvgIpc) is 2.28. The summed E-state index contributed by atoms with van der Waals surface area (Å²) in [6.45, 7) is 0. The van der Waals surface area contributed by atoms with Gasteiger partial charge < -0.3 is 0 Å². The third kappa shape index (κ3) is 3.31. The molecule has 0 aliphatic carbocycles. The average molecular weight is 345 g/mol. The first-order valence-electron chi connectivity index (χ1n) is 5.14. The predicted molar refractivity (Wildman–Crippen MR) is 76.4 cm³/mol. The van der Waals surface area contributed by atoms with E-state index in [1.807, 2.05) is 6.07 Å². The number of Topliss-reactive ketones (excluding diaryl/α,β-unsaturated/α-hetero) is 1. The minimum absolute atomic E-state index is 0.0587. The summed E-state index contributed by atoms with van der Waals surface area (Å²) in [6.07, 6.45) is 3.59. The number of aromatic nitrogens is 1. The third-order valence-corrected chi connectivity index (χ3v) is 3.34. The first-order valence-corrected chi connectivity index (χ1v) is 6.69. The van der Waals surface area contributed by atoms with Crippen LogP contribution in [0.1, 0.15) is 15.9 Å². The molecule has 18 heavy (non-hydrogen) atoms. The Morgan fingerprint density at radius 1 is 1.22 bits per heavy atom. The van der Waals surface area contributed by atoms with Crippen molar-refractivity contribution >= 4 is 44.9 Å². The monoisotopic (exact) mass is 343 g/mol. The fourth-order valence-corrected chi connectivity index (χ4v) is 2.47. The van der Waals surface area contributed by atoms with E-state index >= 15 is 0 Å².